The third kappa shape index (κ3) is 3.96. The number of fused-ring (bicyclic) bond motifs is 1. The van der Waals surface area contributed by atoms with Crippen molar-refractivity contribution in [1.82, 2.24) is 9.97 Å². The molecule has 0 amide bonds. The molecule has 0 saturated heterocycles. The maximum absolute atomic E-state index is 4.96. The van der Waals surface area contributed by atoms with Crippen molar-refractivity contribution in [3.63, 3.8) is 0 Å². The molecule has 0 unspecified atom stereocenters. The molecular formula is C30H21N3S. The van der Waals surface area contributed by atoms with E-state index in [0.29, 0.717) is 0 Å². The summed E-state index contributed by atoms with van der Waals surface area (Å²) >= 11 is 1.70. The number of rotatable bonds is 5. The summed E-state index contributed by atoms with van der Waals surface area (Å²) in [6, 6.07) is 41.9. The van der Waals surface area contributed by atoms with Gasteiger partial charge in [-0.15, -0.1) is 0 Å². The van der Waals surface area contributed by atoms with Gasteiger partial charge >= 0.3 is 0 Å². The molecule has 2 aromatic heterocycles. The molecule has 4 aromatic carbocycles. The molecule has 0 radical (unpaired) electrons. The molecule has 0 atom stereocenters. The van der Waals surface area contributed by atoms with Crippen molar-refractivity contribution >= 4 is 38.1 Å². The Balaban J connectivity index is 1.43. The second-order valence-corrected chi connectivity index (χ2v) is 8.98. The van der Waals surface area contributed by atoms with E-state index in [9.17, 15) is 0 Å². The van der Waals surface area contributed by atoms with Crippen LogP contribution in [-0.4, -0.2) is 9.97 Å². The molecule has 0 aliphatic rings. The van der Waals surface area contributed by atoms with Crippen LogP contribution in [-0.2, 0) is 0 Å². The molecule has 0 aliphatic carbocycles. The van der Waals surface area contributed by atoms with E-state index in [1.807, 2.05) is 36.5 Å². The first-order valence-corrected chi connectivity index (χ1v) is 12.0. The fourth-order valence-corrected chi connectivity index (χ4v) is 5.08. The van der Waals surface area contributed by atoms with Crippen LogP contribution in [0, 0.1) is 0 Å². The van der Waals surface area contributed by atoms with E-state index in [4.69, 9.17) is 4.98 Å². The van der Waals surface area contributed by atoms with E-state index in [-0.39, 0.29) is 0 Å². The number of thiazole rings is 1. The van der Waals surface area contributed by atoms with Gasteiger partial charge in [-0.3, -0.25) is 9.88 Å². The van der Waals surface area contributed by atoms with Crippen LogP contribution in [0.4, 0.5) is 16.5 Å². The molecule has 6 rings (SSSR count). The normalized spacial score (nSPS) is 10.9. The molecule has 3 nitrogen and oxygen atoms in total. The Kier molecular flexibility index (Phi) is 5.34. The smallest absolute Gasteiger partial charge is 0.195 e. The zero-order valence-electron chi connectivity index (χ0n) is 18.4. The quantitative estimate of drug-likeness (QED) is 0.261. The molecule has 0 N–H and O–H groups in total. The lowest BCUT2D eigenvalue weighted by Crippen LogP contribution is -2.09. The molecule has 0 fully saturated rings. The predicted molar refractivity (Wildman–Crippen MR) is 143 cm³/mol. The maximum Gasteiger partial charge on any atom is 0.195 e. The Morgan fingerprint density at radius 2 is 1.15 bits per heavy atom. The van der Waals surface area contributed by atoms with Crippen molar-refractivity contribution in [2.45, 2.75) is 0 Å². The SMILES string of the molecule is c1ccc(-c2ccc(N(c3ccc(-c4ccccn4)cc3)c3nc4ccccc4s3)cc2)cc1. The van der Waals surface area contributed by atoms with Gasteiger partial charge in [0.25, 0.3) is 0 Å². The van der Waals surface area contributed by atoms with Gasteiger partial charge in [0.15, 0.2) is 5.13 Å². The summed E-state index contributed by atoms with van der Waals surface area (Å²) in [7, 11) is 0. The second-order valence-electron chi connectivity index (χ2n) is 7.97. The van der Waals surface area contributed by atoms with E-state index in [2.05, 4.69) is 101 Å². The lowest BCUT2D eigenvalue weighted by molar-refractivity contribution is 1.25. The molecule has 0 aliphatic heterocycles. The Morgan fingerprint density at radius 3 is 1.82 bits per heavy atom. The van der Waals surface area contributed by atoms with Gasteiger partial charge in [-0.05, 0) is 59.7 Å². The highest BCUT2D eigenvalue weighted by Crippen LogP contribution is 2.40. The molecule has 6 aromatic rings. The summed E-state index contributed by atoms with van der Waals surface area (Å²) in [6.45, 7) is 0. The first kappa shape index (κ1) is 20.3. The van der Waals surface area contributed by atoms with Gasteiger partial charge in [-0.1, -0.05) is 84.1 Å². The molecule has 0 bridgehead atoms. The van der Waals surface area contributed by atoms with Crippen LogP contribution in [0.25, 0.3) is 32.6 Å². The van der Waals surface area contributed by atoms with E-state index in [1.165, 1.54) is 15.8 Å². The molecule has 0 spiro atoms. The third-order valence-electron chi connectivity index (χ3n) is 5.79. The molecule has 162 valence electrons. The van der Waals surface area contributed by atoms with Crippen LogP contribution in [0.3, 0.4) is 0 Å². The van der Waals surface area contributed by atoms with Gasteiger partial charge < -0.3 is 0 Å². The Hall–Kier alpha value is -4.28. The molecule has 4 heteroatoms. The number of hydrogen-bond acceptors (Lipinski definition) is 4. The van der Waals surface area contributed by atoms with Crippen molar-refractivity contribution < 1.29 is 0 Å². The van der Waals surface area contributed by atoms with Crippen LogP contribution >= 0.6 is 11.3 Å². The zero-order chi connectivity index (χ0) is 22.7. The van der Waals surface area contributed by atoms with Gasteiger partial charge in [0, 0.05) is 23.1 Å². The average molecular weight is 456 g/mol. The minimum absolute atomic E-state index is 0.944. The maximum atomic E-state index is 4.96. The number of nitrogens with zero attached hydrogens (tertiary/aromatic N) is 3. The van der Waals surface area contributed by atoms with Crippen molar-refractivity contribution in [3.8, 4) is 22.4 Å². The van der Waals surface area contributed by atoms with E-state index in [1.54, 1.807) is 11.3 Å². The standard InChI is InChI=1S/C30H21N3S/c1-2-8-22(9-3-1)23-13-17-25(18-14-23)33(30-32-28-11-4-5-12-29(28)34-30)26-19-15-24(16-20-26)27-10-6-7-21-31-27/h1-21H. The van der Waals surface area contributed by atoms with Crippen molar-refractivity contribution in [1.29, 1.82) is 0 Å². The molecule has 2 heterocycles. The van der Waals surface area contributed by atoms with E-state index < -0.39 is 0 Å². The Bertz CT molecular complexity index is 1410. The molecule has 0 saturated carbocycles. The van der Waals surface area contributed by atoms with Crippen LogP contribution in [0.2, 0.25) is 0 Å². The van der Waals surface area contributed by atoms with Gasteiger partial charge in [-0.25, -0.2) is 4.98 Å². The van der Waals surface area contributed by atoms with Gasteiger partial charge in [-0.2, -0.15) is 0 Å². The monoisotopic (exact) mass is 455 g/mol. The average Bonchev–Trinajstić information content (AvgIpc) is 3.34. The van der Waals surface area contributed by atoms with Crippen LogP contribution in [0.5, 0.6) is 0 Å². The fourth-order valence-electron chi connectivity index (χ4n) is 4.07. The highest BCUT2D eigenvalue weighted by Gasteiger charge is 2.17. The number of pyridine rings is 1. The van der Waals surface area contributed by atoms with Gasteiger partial charge in [0.2, 0.25) is 0 Å². The van der Waals surface area contributed by atoms with Crippen LogP contribution < -0.4 is 4.90 Å². The highest BCUT2D eigenvalue weighted by atomic mass is 32.1. The lowest BCUT2D eigenvalue weighted by atomic mass is 10.1. The number of anilines is 3. The number of hydrogen-bond donors (Lipinski definition) is 0. The zero-order valence-corrected chi connectivity index (χ0v) is 19.2. The summed E-state index contributed by atoms with van der Waals surface area (Å²) < 4.78 is 1.17. The minimum Gasteiger partial charge on any atom is -0.286 e. The van der Waals surface area contributed by atoms with Crippen molar-refractivity contribution in [2.24, 2.45) is 0 Å². The largest absolute Gasteiger partial charge is 0.286 e. The highest BCUT2D eigenvalue weighted by molar-refractivity contribution is 7.22. The first-order chi connectivity index (χ1) is 16.8. The third-order valence-corrected chi connectivity index (χ3v) is 6.81. The summed E-state index contributed by atoms with van der Waals surface area (Å²) in [6.07, 6.45) is 1.82. The molecule has 34 heavy (non-hydrogen) atoms. The summed E-state index contributed by atoms with van der Waals surface area (Å²) in [5.41, 5.74) is 7.61. The lowest BCUT2D eigenvalue weighted by Gasteiger charge is -2.23. The predicted octanol–water partition coefficient (Wildman–Crippen LogP) is 8.50. The number of benzene rings is 4. The summed E-state index contributed by atoms with van der Waals surface area (Å²) in [5.74, 6) is 0. The van der Waals surface area contributed by atoms with E-state index in [0.717, 1.165) is 33.3 Å². The molecular weight excluding hydrogens is 434 g/mol. The first-order valence-electron chi connectivity index (χ1n) is 11.2. The Labute approximate surface area is 202 Å². The summed E-state index contributed by atoms with van der Waals surface area (Å²) in [4.78, 5) is 11.7. The number of aromatic nitrogens is 2. The van der Waals surface area contributed by atoms with Gasteiger partial charge in [0.05, 0.1) is 15.9 Å². The number of para-hydroxylation sites is 1. The van der Waals surface area contributed by atoms with Crippen molar-refractivity contribution in [3.05, 3.63) is 128 Å². The van der Waals surface area contributed by atoms with E-state index >= 15 is 0 Å². The minimum atomic E-state index is 0.944. The summed E-state index contributed by atoms with van der Waals surface area (Å²) in [5, 5.41) is 0.944. The van der Waals surface area contributed by atoms with Crippen LogP contribution in [0.1, 0.15) is 0 Å². The van der Waals surface area contributed by atoms with Crippen molar-refractivity contribution in [2.75, 3.05) is 4.90 Å². The Morgan fingerprint density at radius 1 is 0.529 bits per heavy atom. The fraction of sp³-hybridized carbons (Fsp3) is 0. The topological polar surface area (TPSA) is 29.0 Å². The van der Waals surface area contributed by atoms with Gasteiger partial charge in [0.1, 0.15) is 0 Å². The second kappa shape index (κ2) is 8.93. The van der Waals surface area contributed by atoms with Crippen LogP contribution in [0.15, 0.2) is 128 Å².